The van der Waals surface area contributed by atoms with E-state index >= 15 is 0 Å². The van der Waals surface area contributed by atoms with E-state index in [9.17, 15) is 4.79 Å². The number of halogens is 1. The minimum atomic E-state index is -0.208. The number of amides is 1. The van der Waals surface area contributed by atoms with Crippen molar-refractivity contribution >= 4 is 28.7 Å². The van der Waals surface area contributed by atoms with E-state index in [-0.39, 0.29) is 11.5 Å². The third-order valence-electron chi connectivity index (χ3n) is 6.69. The number of pyridine rings is 1. The summed E-state index contributed by atoms with van der Waals surface area (Å²) >= 11 is 6.75. The van der Waals surface area contributed by atoms with E-state index in [1.807, 2.05) is 40.7 Å². The Hall–Kier alpha value is -3.52. The number of fused-ring (bicyclic) bond motifs is 1. The van der Waals surface area contributed by atoms with Gasteiger partial charge in [0, 0.05) is 30.4 Å². The monoisotopic (exact) mass is 488 g/mol. The van der Waals surface area contributed by atoms with Crippen LogP contribution in [0.15, 0.2) is 42.9 Å². The van der Waals surface area contributed by atoms with Gasteiger partial charge in [-0.3, -0.25) is 9.78 Å². The van der Waals surface area contributed by atoms with Crippen molar-refractivity contribution in [1.29, 1.82) is 0 Å². The number of rotatable bonds is 6. The van der Waals surface area contributed by atoms with Crippen molar-refractivity contribution in [3.63, 3.8) is 0 Å². The van der Waals surface area contributed by atoms with Crippen molar-refractivity contribution in [2.24, 2.45) is 0 Å². The van der Waals surface area contributed by atoms with Gasteiger partial charge in [0.15, 0.2) is 11.2 Å². The molecule has 0 bridgehead atoms. The summed E-state index contributed by atoms with van der Waals surface area (Å²) in [4.78, 5) is 32.9. The summed E-state index contributed by atoms with van der Waals surface area (Å²) in [5, 5.41) is 0.453. The zero-order valence-corrected chi connectivity index (χ0v) is 20.4. The Morgan fingerprint density at radius 3 is 2.66 bits per heavy atom. The average Bonchev–Trinajstić information content (AvgIpc) is 3.41. The van der Waals surface area contributed by atoms with Crippen LogP contribution in [0.3, 0.4) is 0 Å². The Balaban J connectivity index is 1.47. The van der Waals surface area contributed by atoms with Crippen LogP contribution in [0.4, 0.5) is 0 Å². The first-order chi connectivity index (χ1) is 16.9. The Labute approximate surface area is 208 Å². The van der Waals surface area contributed by atoms with Crippen molar-refractivity contribution in [2.45, 2.75) is 45.3 Å². The summed E-state index contributed by atoms with van der Waals surface area (Å²) in [7, 11) is 0. The van der Waals surface area contributed by atoms with E-state index in [2.05, 4.69) is 21.9 Å². The predicted octanol–water partition coefficient (Wildman–Crippen LogP) is 4.68. The Kier molecular flexibility index (Phi) is 5.21. The van der Waals surface area contributed by atoms with Gasteiger partial charge < -0.3 is 14.2 Å². The topological polar surface area (TPSA) is 86.0 Å². The van der Waals surface area contributed by atoms with Crippen LogP contribution in [-0.4, -0.2) is 54.0 Å². The first-order valence-corrected chi connectivity index (χ1v) is 12.2. The van der Waals surface area contributed by atoms with Gasteiger partial charge >= 0.3 is 0 Å². The van der Waals surface area contributed by atoms with Gasteiger partial charge in [0.25, 0.3) is 5.91 Å². The number of hydrogen-bond acceptors (Lipinski definition) is 6. The largest absolute Gasteiger partial charge is 0.470 e. The van der Waals surface area contributed by atoms with E-state index < -0.39 is 0 Å². The molecular formula is C26H25ClN6O2. The van der Waals surface area contributed by atoms with E-state index in [0.29, 0.717) is 45.6 Å². The number of imidazole rings is 1. The molecule has 1 aliphatic heterocycles. The van der Waals surface area contributed by atoms with Crippen molar-refractivity contribution in [1.82, 2.24) is 29.4 Å². The highest BCUT2D eigenvalue weighted by atomic mass is 35.5. The Morgan fingerprint density at radius 1 is 1.14 bits per heavy atom. The average molecular weight is 489 g/mol. The molecule has 1 saturated carbocycles. The van der Waals surface area contributed by atoms with Crippen LogP contribution in [0.1, 0.15) is 47.8 Å². The van der Waals surface area contributed by atoms with Gasteiger partial charge in [0.2, 0.25) is 5.88 Å². The van der Waals surface area contributed by atoms with Crippen LogP contribution in [-0.2, 0) is 6.54 Å². The van der Waals surface area contributed by atoms with Crippen molar-refractivity contribution in [3.05, 3.63) is 64.7 Å². The number of carbonyl (C=O) groups excluding carboxylic acids is 1. The number of ether oxygens (including phenoxy) is 1. The van der Waals surface area contributed by atoms with Gasteiger partial charge in [-0.15, -0.1) is 0 Å². The number of likely N-dealkylation sites (tertiary alicyclic amines) is 1. The lowest BCUT2D eigenvalue weighted by Gasteiger charge is -2.31. The Morgan fingerprint density at radius 2 is 1.97 bits per heavy atom. The number of aromatic nitrogens is 5. The molecular weight excluding hydrogens is 464 g/mol. The maximum atomic E-state index is 12.7. The van der Waals surface area contributed by atoms with E-state index in [4.69, 9.17) is 21.3 Å². The summed E-state index contributed by atoms with van der Waals surface area (Å²) in [6.45, 7) is 6.13. The van der Waals surface area contributed by atoms with Crippen molar-refractivity contribution in [2.75, 3.05) is 13.1 Å². The van der Waals surface area contributed by atoms with Crippen LogP contribution >= 0.6 is 11.6 Å². The van der Waals surface area contributed by atoms with E-state index in [0.717, 1.165) is 43.6 Å². The zero-order chi connectivity index (χ0) is 24.2. The smallest absolute Gasteiger partial charge is 0.253 e. The molecule has 4 heterocycles. The lowest BCUT2D eigenvalue weighted by atomic mass is 10.1. The highest BCUT2D eigenvalue weighted by Gasteiger charge is 2.41. The molecule has 0 radical (unpaired) electrons. The van der Waals surface area contributed by atoms with Gasteiger partial charge in [-0.25, -0.2) is 9.97 Å². The second-order valence-electron chi connectivity index (χ2n) is 9.59. The van der Waals surface area contributed by atoms with Gasteiger partial charge in [0.05, 0.1) is 17.3 Å². The SMILES string of the molecule is Cc1ccnc(Cn2c(-c3ccc(C(=O)N4CCC4)cc3Cl)nc3c(OC4(C)CC4)ncnc32)c1. The summed E-state index contributed by atoms with van der Waals surface area (Å²) in [5.41, 5.74) is 4.30. The van der Waals surface area contributed by atoms with Crippen LogP contribution in [0.25, 0.3) is 22.6 Å². The molecule has 0 N–H and O–H groups in total. The van der Waals surface area contributed by atoms with E-state index in [1.54, 1.807) is 12.3 Å². The maximum absolute atomic E-state index is 12.7. The molecule has 2 fully saturated rings. The Bertz CT molecular complexity index is 1460. The number of nitrogens with zero attached hydrogens (tertiary/aromatic N) is 6. The normalized spacial score (nSPS) is 16.3. The van der Waals surface area contributed by atoms with Crippen LogP contribution in [0.5, 0.6) is 5.88 Å². The molecule has 0 atom stereocenters. The van der Waals surface area contributed by atoms with Crippen molar-refractivity contribution < 1.29 is 9.53 Å². The summed E-state index contributed by atoms with van der Waals surface area (Å²) in [5.74, 6) is 1.09. The lowest BCUT2D eigenvalue weighted by molar-refractivity contribution is 0.0652. The first-order valence-electron chi connectivity index (χ1n) is 11.8. The first kappa shape index (κ1) is 22.0. The molecule has 0 unspecified atom stereocenters. The van der Waals surface area contributed by atoms with Gasteiger partial charge in [-0.1, -0.05) is 11.6 Å². The lowest BCUT2D eigenvalue weighted by Crippen LogP contribution is -2.42. The van der Waals surface area contributed by atoms with Gasteiger partial charge in [-0.05, 0) is 69.0 Å². The summed E-state index contributed by atoms with van der Waals surface area (Å²) in [6.07, 6.45) is 6.31. The molecule has 1 saturated heterocycles. The third kappa shape index (κ3) is 4.12. The van der Waals surface area contributed by atoms with Crippen LogP contribution < -0.4 is 4.74 Å². The molecule has 1 aromatic carbocycles. The van der Waals surface area contributed by atoms with Gasteiger partial charge in [-0.2, -0.15) is 4.98 Å². The molecule has 1 amide bonds. The molecule has 4 aromatic rings. The molecule has 6 rings (SSSR count). The fraction of sp³-hybridized carbons (Fsp3) is 0.346. The molecule has 1 aliphatic carbocycles. The highest BCUT2D eigenvalue weighted by Crippen LogP contribution is 2.41. The molecule has 3 aromatic heterocycles. The molecule has 2 aliphatic rings. The van der Waals surface area contributed by atoms with Crippen LogP contribution in [0.2, 0.25) is 5.02 Å². The fourth-order valence-electron chi connectivity index (χ4n) is 4.24. The standard InChI is InChI=1S/C26H25ClN6O2/c1-16-6-9-28-18(12-16)14-33-22(19-5-4-17(13-20(19)27)25(34)32-10-3-11-32)31-21-23(33)29-15-30-24(21)35-26(2)7-8-26/h4-6,9,12-13,15H,3,7-8,10-11,14H2,1-2H3. The van der Waals surface area contributed by atoms with Crippen molar-refractivity contribution in [3.8, 4) is 17.3 Å². The summed E-state index contributed by atoms with van der Waals surface area (Å²) in [6, 6.07) is 9.39. The molecule has 9 heteroatoms. The number of hydrogen-bond donors (Lipinski definition) is 0. The molecule has 0 spiro atoms. The minimum Gasteiger partial charge on any atom is -0.470 e. The predicted molar refractivity (Wildman–Crippen MR) is 133 cm³/mol. The minimum absolute atomic E-state index is 0.00129. The fourth-order valence-corrected chi connectivity index (χ4v) is 4.50. The molecule has 178 valence electrons. The zero-order valence-electron chi connectivity index (χ0n) is 19.7. The van der Waals surface area contributed by atoms with Crippen LogP contribution in [0, 0.1) is 6.92 Å². The second kappa shape index (κ2) is 8.30. The summed E-state index contributed by atoms with van der Waals surface area (Å²) < 4.78 is 8.18. The highest BCUT2D eigenvalue weighted by molar-refractivity contribution is 6.33. The third-order valence-corrected chi connectivity index (χ3v) is 7.00. The number of aryl methyl sites for hydroxylation is 1. The second-order valence-corrected chi connectivity index (χ2v) is 10.00. The van der Waals surface area contributed by atoms with Gasteiger partial charge in [0.1, 0.15) is 17.8 Å². The maximum Gasteiger partial charge on any atom is 0.253 e. The number of carbonyl (C=O) groups is 1. The molecule has 8 nitrogen and oxygen atoms in total. The number of benzene rings is 1. The quantitative estimate of drug-likeness (QED) is 0.392. The molecule has 35 heavy (non-hydrogen) atoms. The van der Waals surface area contributed by atoms with E-state index in [1.165, 1.54) is 6.33 Å².